The molecule has 3 heteroatoms. The van der Waals surface area contributed by atoms with Crippen molar-refractivity contribution < 1.29 is 13.5 Å². The smallest absolute Gasteiger partial charge is 0.201 e. The highest BCUT2D eigenvalue weighted by Gasteiger charge is 2.19. The lowest BCUT2D eigenvalue weighted by atomic mass is 9.79. The predicted octanol–water partition coefficient (Wildman–Crippen LogP) is 6.84. The lowest BCUT2D eigenvalue weighted by Crippen LogP contribution is -2.10. The predicted molar refractivity (Wildman–Crippen MR) is 110 cm³/mol. The Labute approximate surface area is 167 Å². The number of hydrogen-bond donors (Lipinski definition) is 0. The SMILES string of the molecule is CCCCOc1ccc(C#Cc2ccc([C@H]3CC[C@H](C)CC3)cc2)c(F)c1F. The van der Waals surface area contributed by atoms with E-state index in [2.05, 4.69) is 30.9 Å². The van der Waals surface area contributed by atoms with Gasteiger partial charge in [-0.15, -0.1) is 0 Å². The molecule has 0 N–H and O–H groups in total. The van der Waals surface area contributed by atoms with Crippen LogP contribution in [0.2, 0.25) is 0 Å². The Balaban J connectivity index is 1.68. The zero-order valence-electron chi connectivity index (χ0n) is 16.7. The molecular weight excluding hydrogens is 354 g/mol. The van der Waals surface area contributed by atoms with Gasteiger partial charge in [-0.05, 0) is 60.9 Å². The largest absolute Gasteiger partial charge is 0.490 e. The zero-order chi connectivity index (χ0) is 19.9. The highest BCUT2D eigenvalue weighted by atomic mass is 19.2. The number of hydrogen-bond acceptors (Lipinski definition) is 1. The first-order chi connectivity index (χ1) is 13.6. The van der Waals surface area contributed by atoms with Gasteiger partial charge < -0.3 is 4.74 Å². The minimum absolute atomic E-state index is 0.0469. The standard InChI is InChI=1S/C25H28F2O/c1-3-4-17-28-23-16-15-22(24(26)25(23)27)14-9-19-7-12-21(13-8-19)20-10-5-18(2)6-11-20/h7-8,12-13,15-16,18,20H,3-6,10-11,17H2,1-2H3/t18-,20-. The summed E-state index contributed by atoms with van der Waals surface area (Å²) in [5.41, 5.74) is 2.20. The second kappa shape index (κ2) is 9.73. The summed E-state index contributed by atoms with van der Waals surface area (Å²) in [5.74, 6) is 5.18. The number of benzene rings is 2. The van der Waals surface area contributed by atoms with Gasteiger partial charge >= 0.3 is 0 Å². The summed E-state index contributed by atoms with van der Waals surface area (Å²) in [6.07, 6.45) is 6.79. The Morgan fingerprint density at radius 2 is 1.64 bits per heavy atom. The summed E-state index contributed by atoms with van der Waals surface area (Å²) in [5, 5.41) is 0. The average molecular weight is 382 g/mol. The molecule has 1 nitrogen and oxygen atoms in total. The van der Waals surface area contributed by atoms with E-state index in [1.54, 1.807) is 0 Å². The first-order valence-corrected chi connectivity index (χ1v) is 10.3. The Bertz CT molecular complexity index is 837. The van der Waals surface area contributed by atoms with Crippen LogP contribution in [0.15, 0.2) is 36.4 Å². The molecule has 2 aromatic carbocycles. The molecule has 1 saturated carbocycles. The maximum Gasteiger partial charge on any atom is 0.201 e. The molecular formula is C25H28F2O. The molecule has 0 heterocycles. The van der Waals surface area contributed by atoms with Gasteiger partial charge in [-0.3, -0.25) is 0 Å². The summed E-state index contributed by atoms with van der Waals surface area (Å²) in [7, 11) is 0. The van der Waals surface area contributed by atoms with E-state index in [1.807, 2.05) is 19.1 Å². The third-order valence-corrected chi connectivity index (χ3v) is 5.54. The van der Waals surface area contributed by atoms with E-state index in [0.717, 1.165) is 24.3 Å². The number of ether oxygens (including phenoxy) is 1. The summed E-state index contributed by atoms with van der Waals surface area (Å²) < 4.78 is 33.7. The minimum Gasteiger partial charge on any atom is -0.490 e. The van der Waals surface area contributed by atoms with Gasteiger partial charge in [0.05, 0.1) is 12.2 Å². The lowest BCUT2D eigenvalue weighted by Gasteiger charge is -2.26. The van der Waals surface area contributed by atoms with Gasteiger partial charge in [0.2, 0.25) is 5.82 Å². The van der Waals surface area contributed by atoms with Crippen LogP contribution in [-0.2, 0) is 0 Å². The monoisotopic (exact) mass is 382 g/mol. The number of unbranched alkanes of at least 4 members (excludes halogenated alkanes) is 1. The van der Waals surface area contributed by atoms with Crippen LogP contribution in [0, 0.1) is 29.4 Å². The van der Waals surface area contributed by atoms with Crippen molar-refractivity contribution in [2.75, 3.05) is 6.61 Å². The van der Waals surface area contributed by atoms with Crippen molar-refractivity contribution in [2.45, 2.75) is 58.3 Å². The van der Waals surface area contributed by atoms with E-state index in [1.165, 1.54) is 43.4 Å². The van der Waals surface area contributed by atoms with Crippen LogP contribution in [0.1, 0.15) is 75.0 Å². The molecule has 1 fully saturated rings. The van der Waals surface area contributed by atoms with Gasteiger partial charge in [-0.25, -0.2) is 4.39 Å². The summed E-state index contributed by atoms with van der Waals surface area (Å²) in [6, 6.07) is 11.1. The fourth-order valence-electron chi connectivity index (χ4n) is 3.64. The van der Waals surface area contributed by atoms with Crippen molar-refractivity contribution in [1.82, 2.24) is 0 Å². The van der Waals surface area contributed by atoms with Crippen molar-refractivity contribution in [3.05, 3.63) is 64.7 Å². The minimum atomic E-state index is -0.968. The normalized spacial score (nSPS) is 19.0. The summed E-state index contributed by atoms with van der Waals surface area (Å²) in [4.78, 5) is 0. The van der Waals surface area contributed by atoms with Crippen LogP contribution < -0.4 is 4.74 Å². The molecule has 0 atom stereocenters. The summed E-state index contributed by atoms with van der Waals surface area (Å²) in [6.45, 7) is 4.71. The highest BCUT2D eigenvalue weighted by molar-refractivity contribution is 5.46. The molecule has 2 aromatic rings. The molecule has 28 heavy (non-hydrogen) atoms. The van der Waals surface area contributed by atoms with Gasteiger partial charge in [0, 0.05) is 5.56 Å². The van der Waals surface area contributed by atoms with Gasteiger partial charge in [-0.1, -0.05) is 57.1 Å². The topological polar surface area (TPSA) is 9.23 Å². The van der Waals surface area contributed by atoms with Crippen LogP contribution in [-0.4, -0.2) is 6.61 Å². The van der Waals surface area contributed by atoms with Gasteiger partial charge in [0.1, 0.15) is 0 Å². The maximum atomic E-state index is 14.3. The van der Waals surface area contributed by atoms with Gasteiger partial charge in [-0.2, -0.15) is 4.39 Å². The molecule has 0 radical (unpaired) electrons. The molecule has 0 unspecified atom stereocenters. The van der Waals surface area contributed by atoms with Crippen molar-refractivity contribution >= 4 is 0 Å². The Morgan fingerprint density at radius 3 is 2.32 bits per heavy atom. The third kappa shape index (κ3) is 5.13. The van der Waals surface area contributed by atoms with Crippen LogP contribution in [0.4, 0.5) is 8.78 Å². The van der Waals surface area contributed by atoms with Gasteiger partial charge in [0.25, 0.3) is 0 Å². The molecule has 1 aliphatic rings. The van der Waals surface area contributed by atoms with Crippen molar-refractivity contribution in [1.29, 1.82) is 0 Å². The first kappa shape index (κ1) is 20.4. The third-order valence-electron chi connectivity index (χ3n) is 5.54. The molecule has 148 valence electrons. The molecule has 0 amide bonds. The van der Waals surface area contributed by atoms with E-state index >= 15 is 0 Å². The van der Waals surface area contributed by atoms with Crippen LogP contribution in [0.3, 0.4) is 0 Å². The Kier molecular flexibility index (Phi) is 7.09. The van der Waals surface area contributed by atoms with Crippen LogP contribution >= 0.6 is 0 Å². The zero-order valence-corrected chi connectivity index (χ0v) is 16.7. The van der Waals surface area contributed by atoms with E-state index < -0.39 is 11.6 Å². The molecule has 0 aliphatic heterocycles. The molecule has 0 spiro atoms. The fourth-order valence-corrected chi connectivity index (χ4v) is 3.64. The van der Waals surface area contributed by atoms with E-state index in [0.29, 0.717) is 12.5 Å². The molecule has 3 rings (SSSR count). The Morgan fingerprint density at radius 1 is 0.929 bits per heavy atom. The van der Waals surface area contributed by atoms with Crippen LogP contribution in [0.25, 0.3) is 0 Å². The van der Waals surface area contributed by atoms with Crippen LogP contribution in [0.5, 0.6) is 5.75 Å². The first-order valence-electron chi connectivity index (χ1n) is 10.3. The maximum absolute atomic E-state index is 14.3. The molecule has 0 saturated heterocycles. The summed E-state index contributed by atoms with van der Waals surface area (Å²) >= 11 is 0. The fraction of sp³-hybridized carbons (Fsp3) is 0.440. The van der Waals surface area contributed by atoms with E-state index in [-0.39, 0.29) is 11.3 Å². The Hall–Kier alpha value is -2.34. The molecule has 1 aliphatic carbocycles. The second-order valence-electron chi connectivity index (χ2n) is 7.77. The highest BCUT2D eigenvalue weighted by Crippen LogP contribution is 2.35. The average Bonchev–Trinajstić information content (AvgIpc) is 2.72. The number of rotatable bonds is 5. The van der Waals surface area contributed by atoms with Crippen molar-refractivity contribution in [3.8, 4) is 17.6 Å². The number of halogens is 2. The van der Waals surface area contributed by atoms with E-state index in [9.17, 15) is 8.78 Å². The van der Waals surface area contributed by atoms with Crippen molar-refractivity contribution in [3.63, 3.8) is 0 Å². The van der Waals surface area contributed by atoms with Gasteiger partial charge in [0.15, 0.2) is 11.6 Å². The van der Waals surface area contributed by atoms with Crippen molar-refractivity contribution in [2.24, 2.45) is 5.92 Å². The second-order valence-corrected chi connectivity index (χ2v) is 7.77. The molecule has 0 aromatic heterocycles. The van der Waals surface area contributed by atoms with E-state index in [4.69, 9.17) is 4.74 Å². The quantitative estimate of drug-likeness (QED) is 0.406. The lowest BCUT2D eigenvalue weighted by molar-refractivity contribution is 0.288. The molecule has 0 bridgehead atoms.